The monoisotopic (exact) mass is 285 g/mol. The van der Waals surface area contributed by atoms with E-state index >= 15 is 0 Å². The summed E-state index contributed by atoms with van der Waals surface area (Å²) in [4.78, 5) is 13.6. The van der Waals surface area contributed by atoms with E-state index in [1.807, 2.05) is 0 Å². The second kappa shape index (κ2) is 4.68. The molecule has 0 aliphatic heterocycles. The fourth-order valence-electron chi connectivity index (χ4n) is 1.86. The van der Waals surface area contributed by atoms with Crippen LogP contribution in [0.3, 0.4) is 0 Å². The average Bonchev–Trinajstić information content (AvgIpc) is 2.78. The van der Waals surface area contributed by atoms with Crippen molar-refractivity contribution in [2.45, 2.75) is 0 Å². The molecule has 2 aromatic carbocycles. The van der Waals surface area contributed by atoms with Crippen LogP contribution in [0.15, 0.2) is 39.5 Å². The number of anilines is 1. The van der Waals surface area contributed by atoms with Gasteiger partial charge in [-0.1, -0.05) is 0 Å². The number of rotatable bonds is 2. The first-order valence-corrected chi connectivity index (χ1v) is 5.86. The Labute approximate surface area is 117 Å². The van der Waals surface area contributed by atoms with Crippen LogP contribution in [0.5, 0.6) is 11.5 Å². The number of hydrogen-bond donors (Lipinski definition) is 2. The maximum absolute atomic E-state index is 13.5. The second-order valence-electron chi connectivity index (χ2n) is 4.26. The van der Waals surface area contributed by atoms with E-state index in [-0.39, 0.29) is 22.7 Å². The topological polar surface area (TPSA) is 105 Å². The standard InChI is InChI=1S/C14H8FN3O3/c15-9-3-8(2-1-7(9)6-16)20-12-5-11-13(4-10(12)17)21-14(19)18-11/h1-5H,17H2,(H,18,19). The maximum Gasteiger partial charge on any atom is 0.417 e. The van der Waals surface area contributed by atoms with E-state index < -0.39 is 11.6 Å². The molecule has 104 valence electrons. The van der Waals surface area contributed by atoms with E-state index in [2.05, 4.69) is 4.98 Å². The van der Waals surface area contributed by atoms with Crippen molar-refractivity contribution in [1.82, 2.24) is 4.98 Å². The van der Waals surface area contributed by atoms with E-state index in [0.717, 1.165) is 6.07 Å². The van der Waals surface area contributed by atoms with Gasteiger partial charge < -0.3 is 14.9 Å². The highest BCUT2D eigenvalue weighted by atomic mass is 19.1. The van der Waals surface area contributed by atoms with E-state index in [0.29, 0.717) is 11.1 Å². The Morgan fingerprint density at radius 3 is 2.86 bits per heavy atom. The molecule has 0 radical (unpaired) electrons. The third kappa shape index (κ3) is 2.30. The molecule has 0 atom stereocenters. The molecule has 0 bridgehead atoms. The third-order valence-electron chi connectivity index (χ3n) is 2.84. The van der Waals surface area contributed by atoms with Gasteiger partial charge >= 0.3 is 5.76 Å². The van der Waals surface area contributed by atoms with Crippen LogP contribution in [0, 0.1) is 17.1 Å². The van der Waals surface area contributed by atoms with Gasteiger partial charge in [0.2, 0.25) is 0 Å². The van der Waals surface area contributed by atoms with Gasteiger partial charge in [-0.15, -0.1) is 0 Å². The molecular weight excluding hydrogens is 277 g/mol. The minimum absolute atomic E-state index is 0.0788. The van der Waals surface area contributed by atoms with Crippen molar-refractivity contribution in [3.8, 4) is 17.6 Å². The maximum atomic E-state index is 13.5. The first-order valence-electron chi connectivity index (χ1n) is 5.86. The van der Waals surface area contributed by atoms with Gasteiger partial charge in [-0.3, -0.25) is 4.98 Å². The van der Waals surface area contributed by atoms with Gasteiger partial charge in [0.25, 0.3) is 0 Å². The van der Waals surface area contributed by atoms with Crippen LogP contribution in [0.2, 0.25) is 0 Å². The van der Waals surface area contributed by atoms with Crippen LogP contribution in [0.4, 0.5) is 10.1 Å². The SMILES string of the molecule is N#Cc1ccc(Oc2cc3[nH]c(=O)oc3cc2N)cc1F. The summed E-state index contributed by atoms with van der Waals surface area (Å²) in [7, 11) is 0. The van der Waals surface area contributed by atoms with E-state index in [4.69, 9.17) is 20.1 Å². The fourth-order valence-corrected chi connectivity index (χ4v) is 1.86. The van der Waals surface area contributed by atoms with Gasteiger partial charge in [-0.05, 0) is 12.1 Å². The number of H-pyrrole nitrogens is 1. The van der Waals surface area contributed by atoms with Gasteiger partial charge in [0.05, 0.1) is 16.8 Å². The van der Waals surface area contributed by atoms with Crippen molar-refractivity contribution in [3.05, 3.63) is 52.3 Å². The molecule has 0 aliphatic rings. The summed E-state index contributed by atoms with van der Waals surface area (Å²) in [6, 6.07) is 8.46. The Kier molecular flexibility index (Phi) is 2.84. The van der Waals surface area contributed by atoms with Crippen LogP contribution in [0.1, 0.15) is 5.56 Å². The normalized spacial score (nSPS) is 10.5. The molecule has 0 spiro atoms. The number of ether oxygens (including phenoxy) is 1. The zero-order valence-electron chi connectivity index (χ0n) is 10.5. The first-order chi connectivity index (χ1) is 10.1. The van der Waals surface area contributed by atoms with Crippen molar-refractivity contribution >= 4 is 16.8 Å². The van der Waals surface area contributed by atoms with Gasteiger partial charge in [-0.2, -0.15) is 5.26 Å². The van der Waals surface area contributed by atoms with E-state index in [9.17, 15) is 9.18 Å². The van der Waals surface area contributed by atoms with Crippen LogP contribution in [-0.2, 0) is 0 Å². The zero-order valence-corrected chi connectivity index (χ0v) is 10.5. The number of nitrogen functional groups attached to an aromatic ring is 1. The molecule has 3 aromatic rings. The number of fused-ring (bicyclic) bond motifs is 1. The number of nitrogens with one attached hydrogen (secondary N) is 1. The summed E-state index contributed by atoms with van der Waals surface area (Å²) in [6.45, 7) is 0. The van der Waals surface area contributed by atoms with Crippen molar-refractivity contribution < 1.29 is 13.5 Å². The molecule has 7 heteroatoms. The Morgan fingerprint density at radius 2 is 2.14 bits per heavy atom. The lowest BCUT2D eigenvalue weighted by molar-refractivity contribution is 0.479. The molecule has 3 N–H and O–H groups in total. The summed E-state index contributed by atoms with van der Waals surface area (Å²) in [5.41, 5.74) is 6.66. The average molecular weight is 285 g/mol. The van der Waals surface area contributed by atoms with Gasteiger partial charge in [0.15, 0.2) is 11.3 Å². The molecule has 0 saturated carbocycles. The summed E-state index contributed by atoms with van der Waals surface area (Å²) in [5, 5.41) is 8.67. The molecular formula is C14H8FN3O3. The third-order valence-corrected chi connectivity index (χ3v) is 2.84. The van der Waals surface area contributed by atoms with Crippen LogP contribution in [-0.4, -0.2) is 4.98 Å². The largest absolute Gasteiger partial charge is 0.455 e. The minimum Gasteiger partial charge on any atom is -0.455 e. The first kappa shape index (κ1) is 12.7. The van der Waals surface area contributed by atoms with Gasteiger partial charge in [0, 0.05) is 18.2 Å². The predicted octanol–water partition coefficient (Wildman–Crippen LogP) is 2.51. The molecule has 6 nitrogen and oxygen atoms in total. The molecule has 0 saturated heterocycles. The second-order valence-corrected chi connectivity index (χ2v) is 4.26. The summed E-state index contributed by atoms with van der Waals surface area (Å²) in [6.07, 6.45) is 0. The lowest BCUT2D eigenvalue weighted by atomic mass is 10.2. The number of hydrogen-bond acceptors (Lipinski definition) is 5. The number of nitrogens with two attached hydrogens (primary N) is 1. The lowest BCUT2D eigenvalue weighted by Crippen LogP contribution is -1.94. The zero-order chi connectivity index (χ0) is 15.0. The molecule has 3 rings (SSSR count). The molecule has 1 heterocycles. The number of oxazole rings is 1. The Morgan fingerprint density at radius 1 is 1.33 bits per heavy atom. The number of nitrogens with zero attached hydrogens (tertiary/aromatic N) is 1. The van der Waals surface area contributed by atoms with Crippen LogP contribution >= 0.6 is 0 Å². The van der Waals surface area contributed by atoms with Crippen LogP contribution in [0.25, 0.3) is 11.1 Å². The Bertz CT molecular complexity index is 937. The minimum atomic E-state index is -0.689. The van der Waals surface area contributed by atoms with Crippen molar-refractivity contribution in [2.75, 3.05) is 5.73 Å². The highest BCUT2D eigenvalue weighted by molar-refractivity contribution is 5.80. The lowest BCUT2D eigenvalue weighted by Gasteiger charge is -2.08. The molecule has 0 unspecified atom stereocenters. The van der Waals surface area contributed by atoms with Crippen molar-refractivity contribution in [1.29, 1.82) is 5.26 Å². The number of halogens is 1. The summed E-state index contributed by atoms with van der Waals surface area (Å²) < 4.78 is 23.8. The van der Waals surface area contributed by atoms with E-state index in [1.165, 1.54) is 24.3 Å². The number of aromatic amines is 1. The van der Waals surface area contributed by atoms with Gasteiger partial charge in [-0.25, -0.2) is 9.18 Å². The predicted molar refractivity (Wildman–Crippen MR) is 72.4 cm³/mol. The number of aromatic nitrogens is 1. The molecule has 0 amide bonds. The highest BCUT2D eigenvalue weighted by Crippen LogP contribution is 2.31. The summed E-state index contributed by atoms with van der Waals surface area (Å²) in [5.74, 6) is -0.871. The Hall–Kier alpha value is -3.27. The number of nitriles is 1. The quantitative estimate of drug-likeness (QED) is 0.704. The van der Waals surface area contributed by atoms with Gasteiger partial charge in [0.1, 0.15) is 17.6 Å². The summed E-state index contributed by atoms with van der Waals surface area (Å²) >= 11 is 0. The smallest absolute Gasteiger partial charge is 0.417 e. The van der Waals surface area contributed by atoms with Crippen LogP contribution < -0.4 is 16.2 Å². The highest BCUT2D eigenvalue weighted by Gasteiger charge is 2.10. The fraction of sp³-hybridized carbons (Fsp3) is 0. The number of benzene rings is 2. The van der Waals surface area contributed by atoms with E-state index in [1.54, 1.807) is 6.07 Å². The van der Waals surface area contributed by atoms with Crippen molar-refractivity contribution in [2.24, 2.45) is 0 Å². The van der Waals surface area contributed by atoms with Crippen molar-refractivity contribution in [3.63, 3.8) is 0 Å². The molecule has 0 fully saturated rings. The molecule has 1 aromatic heterocycles. The Balaban J connectivity index is 2.01. The molecule has 21 heavy (non-hydrogen) atoms. The molecule has 0 aliphatic carbocycles.